The van der Waals surface area contributed by atoms with Crippen molar-refractivity contribution in [2.45, 2.75) is 46.6 Å². The van der Waals surface area contributed by atoms with Crippen molar-refractivity contribution in [2.24, 2.45) is 5.92 Å². The van der Waals surface area contributed by atoms with Crippen molar-refractivity contribution in [2.75, 3.05) is 25.0 Å². The van der Waals surface area contributed by atoms with E-state index in [4.69, 9.17) is 4.74 Å². The molecular weight excluding hydrogens is 304 g/mol. The van der Waals surface area contributed by atoms with Gasteiger partial charge in [-0.2, -0.15) is 0 Å². The Bertz CT molecular complexity index is 580. The quantitative estimate of drug-likeness (QED) is 0.803. The Morgan fingerprint density at radius 1 is 1.33 bits per heavy atom. The van der Waals surface area contributed by atoms with Gasteiger partial charge < -0.3 is 15.0 Å². The molecule has 1 aliphatic rings. The van der Waals surface area contributed by atoms with Gasteiger partial charge in [0.05, 0.1) is 19.7 Å². The summed E-state index contributed by atoms with van der Waals surface area (Å²) in [4.78, 5) is 25.8. The monoisotopic (exact) mass is 333 g/mol. The molecule has 1 aliphatic heterocycles. The first kappa shape index (κ1) is 18.5. The van der Waals surface area contributed by atoms with Gasteiger partial charge >= 0.3 is 5.97 Å². The molecule has 0 radical (unpaired) electrons. The number of benzene rings is 1. The van der Waals surface area contributed by atoms with Gasteiger partial charge in [-0.3, -0.25) is 9.59 Å². The van der Waals surface area contributed by atoms with Crippen molar-refractivity contribution in [3.8, 4) is 0 Å². The number of hydrogen-bond donors (Lipinski definition) is 2. The molecule has 1 fully saturated rings. The topological polar surface area (TPSA) is 59.8 Å². The van der Waals surface area contributed by atoms with E-state index in [1.165, 1.54) is 0 Å². The summed E-state index contributed by atoms with van der Waals surface area (Å²) in [7, 11) is 0. The van der Waals surface area contributed by atoms with E-state index in [2.05, 4.69) is 5.32 Å². The Kier molecular flexibility index (Phi) is 6.37. The van der Waals surface area contributed by atoms with Crippen LogP contribution < -0.4 is 10.2 Å². The summed E-state index contributed by atoms with van der Waals surface area (Å²) >= 11 is 0. The molecule has 132 valence electrons. The standard InChI is InChI=1S/C19H28N2O3/c1-5-24-19(23)16-10-7-11-21(12-16)15(4)18(22)20-17-13(2)8-6-9-14(17)3/h6,8-9,15-16H,5,7,10-12H2,1-4H3,(H,20,22)/p+1/t15-,16-/m0/s1. The van der Waals surface area contributed by atoms with Crippen LogP contribution in [0.3, 0.4) is 0 Å². The first-order valence-electron chi connectivity index (χ1n) is 8.82. The molecule has 5 heteroatoms. The van der Waals surface area contributed by atoms with Crippen LogP contribution in [0.1, 0.15) is 37.8 Å². The number of para-hydroxylation sites is 1. The second-order valence-corrected chi connectivity index (χ2v) is 6.68. The molecule has 1 heterocycles. The molecule has 3 atom stereocenters. The van der Waals surface area contributed by atoms with Gasteiger partial charge in [-0.05, 0) is 51.7 Å². The first-order valence-corrected chi connectivity index (χ1v) is 8.82. The van der Waals surface area contributed by atoms with Gasteiger partial charge in [0, 0.05) is 5.69 Å². The molecule has 5 nitrogen and oxygen atoms in total. The van der Waals surface area contributed by atoms with Crippen LogP contribution in [0.5, 0.6) is 0 Å². The Morgan fingerprint density at radius 3 is 2.62 bits per heavy atom. The Morgan fingerprint density at radius 2 is 2.00 bits per heavy atom. The zero-order valence-electron chi connectivity index (χ0n) is 15.1. The van der Waals surface area contributed by atoms with Crippen LogP contribution in [-0.2, 0) is 14.3 Å². The minimum Gasteiger partial charge on any atom is -0.466 e. The van der Waals surface area contributed by atoms with E-state index in [1.54, 1.807) is 0 Å². The summed E-state index contributed by atoms with van der Waals surface area (Å²) in [5.41, 5.74) is 3.02. The Labute approximate surface area is 144 Å². The molecule has 1 saturated heterocycles. The van der Waals surface area contributed by atoms with Gasteiger partial charge in [-0.15, -0.1) is 0 Å². The molecule has 0 saturated carbocycles. The zero-order chi connectivity index (χ0) is 17.7. The van der Waals surface area contributed by atoms with E-state index in [0.29, 0.717) is 13.2 Å². The lowest BCUT2D eigenvalue weighted by Gasteiger charge is -2.32. The number of anilines is 1. The van der Waals surface area contributed by atoms with Crippen LogP contribution in [0, 0.1) is 19.8 Å². The number of ether oxygens (including phenoxy) is 1. The number of esters is 1. The number of aryl methyl sites for hydroxylation is 2. The average Bonchev–Trinajstić information content (AvgIpc) is 2.57. The van der Waals surface area contributed by atoms with Gasteiger partial charge in [0.15, 0.2) is 6.04 Å². The summed E-state index contributed by atoms with van der Waals surface area (Å²) in [6.07, 6.45) is 1.80. The fraction of sp³-hybridized carbons (Fsp3) is 0.579. The van der Waals surface area contributed by atoms with Crippen molar-refractivity contribution < 1.29 is 19.2 Å². The second-order valence-electron chi connectivity index (χ2n) is 6.68. The van der Waals surface area contributed by atoms with Gasteiger partial charge in [-0.1, -0.05) is 18.2 Å². The van der Waals surface area contributed by atoms with Crippen LogP contribution in [0.2, 0.25) is 0 Å². The highest BCUT2D eigenvalue weighted by molar-refractivity contribution is 5.95. The number of hydrogen-bond acceptors (Lipinski definition) is 3. The van der Waals surface area contributed by atoms with Crippen LogP contribution >= 0.6 is 0 Å². The number of carbonyl (C=O) groups excluding carboxylic acids is 2. The average molecular weight is 333 g/mol. The van der Waals surface area contributed by atoms with Crippen LogP contribution in [0.15, 0.2) is 18.2 Å². The Balaban J connectivity index is 2.01. The smallest absolute Gasteiger partial charge is 0.314 e. The molecule has 1 aromatic carbocycles. The maximum absolute atomic E-state index is 12.7. The molecule has 1 amide bonds. The van der Waals surface area contributed by atoms with Crippen molar-refractivity contribution in [1.82, 2.24) is 0 Å². The number of likely N-dealkylation sites (tertiary alicyclic amines) is 1. The van der Waals surface area contributed by atoms with Crippen LogP contribution in [0.4, 0.5) is 5.69 Å². The van der Waals surface area contributed by atoms with Gasteiger partial charge in [-0.25, -0.2) is 0 Å². The Hall–Kier alpha value is -1.88. The molecule has 1 aromatic rings. The van der Waals surface area contributed by atoms with E-state index in [9.17, 15) is 9.59 Å². The third-order valence-electron chi connectivity index (χ3n) is 4.91. The largest absolute Gasteiger partial charge is 0.466 e. The number of amides is 1. The third-order valence-corrected chi connectivity index (χ3v) is 4.91. The van der Waals surface area contributed by atoms with Crippen LogP contribution in [-0.4, -0.2) is 37.6 Å². The molecule has 0 bridgehead atoms. The van der Waals surface area contributed by atoms with Crippen molar-refractivity contribution in [3.05, 3.63) is 29.3 Å². The first-order chi connectivity index (χ1) is 11.4. The summed E-state index contributed by atoms with van der Waals surface area (Å²) < 4.78 is 5.14. The number of nitrogens with one attached hydrogen (secondary N) is 2. The fourth-order valence-corrected chi connectivity index (χ4v) is 3.38. The lowest BCUT2D eigenvalue weighted by Crippen LogP contribution is -3.18. The highest BCUT2D eigenvalue weighted by Gasteiger charge is 2.35. The van der Waals surface area contributed by atoms with E-state index in [1.807, 2.05) is 45.9 Å². The molecule has 24 heavy (non-hydrogen) atoms. The van der Waals surface area contributed by atoms with Gasteiger partial charge in [0.2, 0.25) is 0 Å². The van der Waals surface area contributed by atoms with Crippen molar-refractivity contribution in [3.63, 3.8) is 0 Å². The summed E-state index contributed by atoms with van der Waals surface area (Å²) in [6, 6.07) is 5.79. The maximum atomic E-state index is 12.7. The predicted octanol–water partition coefficient (Wildman–Crippen LogP) is 1.49. The lowest BCUT2D eigenvalue weighted by molar-refractivity contribution is -0.921. The van der Waals surface area contributed by atoms with Gasteiger partial charge in [0.25, 0.3) is 5.91 Å². The molecule has 0 aromatic heterocycles. The van der Waals surface area contributed by atoms with Gasteiger partial charge in [0.1, 0.15) is 5.92 Å². The second kappa shape index (κ2) is 8.29. The zero-order valence-corrected chi connectivity index (χ0v) is 15.1. The molecule has 2 N–H and O–H groups in total. The summed E-state index contributed by atoms with van der Waals surface area (Å²) in [6.45, 7) is 9.75. The van der Waals surface area contributed by atoms with E-state index in [-0.39, 0.29) is 23.8 Å². The van der Waals surface area contributed by atoms with Crippen molar-refractivity contribution in [1.29, 1.82) is 0 Å². The molecule has 0 spiro atoms. The SMILES string of the molecule is CCOC(=O)[C@H]1CCC[NH+]([C@@H](C)C(=O)Nc2c(C)cccc2C)C1. The minimum atomic E-state index is -0.193. The molecule has 2 rings (SSSR count). The van der Waals surface area contributed by atoms with E-state index in [0.717, 1.165) is 41.1 Å². The fourth-order valence-electron chi connectivity index (χ4n) is 3.38. The number of piperidine rings is 1. The summed E-state index contributed by atoms with van der Waals surface area (Å²) in [5, 5.41) is 3.07. The number of quaternary nitrogens is 1. The van der Waals surface area contributed by atoms with Crippen molar-refractivity contribution >= 4 is 17.6 Å². The number of rotatable bonds is 5. The highest BCUT2D eigenvalue weighted by Crippen LogP contribution is 2.19. The van der Waals surface area contributed by atoms with E-state index >= 15 is 0 Å². The normalized spacial score (nSPS) is 21.8. The highest BCUT2D eigenvalue weighted by atomic mass is 16.5. The molecule has 0 aliphatic carbocycles. The van der Waals surface area contributed by atoms with E-state index < -0.39 is 0 Å². The van der Waals surface area contributed by atoms with Crippen LogP contribution in [0.25, 0.3) is 0 Å². The third kappa shape index (κ3) is 4.35. The number of carbonyl (C=O) groups is 2. The summed E-state index contributed by atoms with van der Waals surface area (Å²) in [5.74, 6) is -0.215. The minimum absolute atomic E-state index is 0.00640. The predicted molar refractivity (Wildman–Crippen MR) is 94.1 cm³/mol. The maximum Gasteiger partial charge on any atom is 0.314 e. The molecular formula is C19H29N2O3+. The molecule has 1 unspecified atom stereocenters. The lowest BCUT2D eigenvalue weighted by atomic mass is 9.97.